The van der Waals surface area contributed by atoms with E-state index in [0.717, 1.165) is 42.3 Å². The van der Waals surface area contributed by atoms with Crippen molar-refractivity contribution in [2.45, 2.75) is 24.8 Å². The van der Waals surface area contributed by atoms with Crippen LogP contribution in [0, 0.1) is 0 Å². The molecule has 0 heterocycles. The summed E-state index contributed by atoms with van der Waals surface area (Å²) in [5, 5.41) is 6.53. The Morgan fingerprint density at radius 2 is 1.78 bits per heavy atom. The second-order valence-electron chi connectivity index (χ2n) is 6.10. The van der Waals surface area contributed by atoms with Crippen LogP contribution < -0.4 is 15.4 Å². The van der Waals surface area contributed by atoms with Gasteiger partial charge in [-0.1, -0.05) is 30.3 Å². The van der Waals surface area contributed by atoms with Gasteiger partial charge in [-0.25, -0.2) is 13.4 Å². The lowest BCUT2D eigenvalue weighted by atomic mass is 10.1. The Kier molecular flexibility index (Phi) is 7.67. The third kappa shape index (κ3) is 6.60. The van der Waals surface area contributed by atoms with Crippen molar-refractivity contribution in [2.75, 3.05) is 26.5 Å². The third-order valence-electron chi connectivity index (χ3n) is 3.99. The second kappa shape index (κ2) is 9.97. The minimum absolute atomic E-state index is 0.317. The molecule has 2 aromatic rings. The first-order chi connectivity index (χ1) is 12.9. The lowest BCUT2D eigenvalue weighted by Gasteiger charge is -2.13. The number of benzene rings is 2. The molecular weight excluding hydrogens is 362 g/mol. The molecule has 0 spiro atoms. The molecule has 0 saturated heterocycles. The molecule has 6 nitrogen and oxygen atoms in total. The number of ether oxygens (including phenoxy) is 1. The zero-order chi connectivity index (χ0) is 19.7. The fourth-order valence-corrected chi connectivity index (χ4v) is 3.21. The van der Waals surface area contributed by atoms with Crippen molar-refractivity contribution in [3.05, 3.63) is 59.7 Å². The molecule has 0 saturated carbocycles. The molecule has 27 heavy (non-hydrogen) atoms. The molecule has 2 aromatic carbocycles. The summed E-state index contributed by atoms with van der Waals surface area (Å²) in [4.78, 5) is 4.88. The predicted octanol–water partition coefficient (Wildman–Crippen LogP) is 2.40. The maximum absolute atomic E-state index is 11.5. The minimum atomic E-state index is -3.17. The van der Waals surface area contributed by atoms with Gasteiger partial charge in [0.05, 0.1) is 18.6 Å². The summed E-state index contributed by atoms with van der Waals surface area (Å²) in [7, 11) is -1.50. The van der Waals surface area contributed by atoms with Gasteiger partial charge in [0, 0.05) is 19.3 Å². The molecule has 2 N–H and O–H groups in total. The van der Waals surface area contributed by atoms with E-state index in [1.54, 1.807) is 31.4 Å². The van der Waals surface area contributed by atoms with Crippen LogP contribution in [-0.2, 0) is 22.8 Å². The molecule has 0 fully saturated rings. The van der Waals surface area contributed by atoms with Crippen LogP contribution in [-0.4, -0.2) is 40.8 Å². The third-order valence-corrected chi connectivity index (χ3v) is 5.12. The normalized spacial score (nSPS) is 11.9. The summed E-state index contributed by atoms with van der Waals surface area (Å²) in [6.45, 7) is 3.96. The fraction of sp³-hybridized carbons (Fsp3) is 0.350. The molecule has 0 aliphatic heterocycles. The quantitative estimate of drug-likeness (QED) is 0.535. The van der Waals surface area contributed by atoms with Crippen molar-refractivity contribution in [2.24, 2.45) is 4.99 Å². The topological polar surface area (TPSA) is 79.8 Å². The molecule has 146 valence electrons. The van der Waals surface area contributed by atoms with Gasteiger partial charge in [0.25, 0.3) is 0 Å². The van der Waals surface area contributed by atoms with Gasteiger partial charge in [0.15, 0.2) is 15.8 Å². The summed E-state index contributed by atoms with van der Waals surface area (Å²) in [5.74, 6) is 1.60. The maximum Gasteiger partial charge on any atom is 0.191 e. The molecular formula is C20H27N3O3S. The number of aliphatic imine (C=N–C) groups is 1. The number of sulfone groups is 1. The van der Waals surface area contributed by atoms with E-state index >= 15 is 0 Å². The summed E-state index contributed by atoms with van der Waals surface area (Å²) < 4.78 is 28.4. The Balaban J connectivity index is 1.95. The lowest BCUT2D eigenvalue weighted by molar-refractivity contribution is 0.409. The van der Waals surface area contributed by atoms with Gasteiger partial charge < -0.3 is 15.4 Å². The SMILES string of the molecule is CCNC(=NCc1ccc(S(C)(=O)=O)cc1)NCCc1ccccc1OC. The van der Waals surface area contributed by atoms with Crippen molar-refractivity contribution in [3.63, 3.8) is 0 Å². The van der Waals surface area contributed by atoms with Crippen LogP contribution in [0.4, 0.5) is 0 Å². The number of methoxy groups -OCH3 is 1. The van der Waals surface area contributed by atoms with Gasteiger partial charge in [0.1, 0.15) is 5.75 Å². The lowest BCUT2D eigenvalue weighted by Crippen LogP contribution is -2.38. The highest BCUT2D eigenvalue weighted by molar-refractivity contribution is 7.90. The number of para-hydroxylation sites is 1. The first-order valence-corrected chi connectivity index (χ1v) is 10.8. The average molecular weight is 390 g/mol. The van der Waals surface area contributed by atoms with Gasteiger partial charge >= 0.3 is 0 Å². The van der Waals surface area contributed by atoms with Crippen LogP contribution >= 0.6 is 0 Å². The molecule has 0 amide bonds. The molecule has 0 aromatic heterocycles. The van der Waals surface area contributed by atoms with Crippen LogP contribution in [0.15, 0.2) is 58.4 Å². The minimum Gasteiger partial charge on any atom is -0.496 e. The zero-order valence-corrected chi connectivity index (χ0v) is 16.8. The van der Waals surface area contributed by atoms with E-state index in [-0.39, 0.29) is 0 Å². The van der Waals surface area contributed by atoms with Gasteiger partial charge in [-0.3, -0.25) is 0 Å². The van der Waals surface area contributed by atoms with Crippen molar-refractivity contribution in [1.29, 1.82) is 0 Å². The first kappa shape index (κ1) is 20.8. The fourth-order valence-electron chi connectivity index (χ4n) is 2.58. The van der Waals surface area contributed by atoms with Crippen LogP contribution in [0.1, 0.15) is 18.1 Å². The number of hydrogen-bond acceptors (Lipinski definition) is 4. The highest BCUT2D eigenvalue weighted by Crippen LogP contribution is 2.17. The van der Waals surface area contributed by atoms with Crippen molar-refractivity contribution in [3.8, 4) is 5.75 Å². The molecule has 2 rings (SSSR count). The van der Waals surface area contributed by atoms with Crippen LogP contribution in [0.2, 0.25) is 0 Å². The van der Waals surface area contributed by atoms with Crippen LogP contribution in [0.25, 0.3) is 0 Å². The van der Waals surface area contributed by atoms with Crippen LogP contribution in [0.5, 0.6) is 5.75 Å². The van der Waals surface area contributed by atoms with E-state index in [1.807, 2.05) is 31.2 Å². The van der Waals surface area contributed by atoms with E-state index in [2.05, 4.69) is 15.6 Å². The number of nitrogens with one attached hydrogen (secondary N) is 2. The van der Waals surface area contributed by atoms with E-state index in [0.29, 0.717) is 11.4 Å². The molecule has 0 radical (unpaired) electrons. The van der Waals surface area contributed by atoms with Crippen LogP contribution in [0.3, 0.4) is 0 Å². The van der Waals surface area contributed by atoms with E-state index in [4.69, 9.17) is 4.74 Å². The maximum atomic E-state index is 11.5. The monoisotopic (exact) mass is 389 g/mol. The van der Waals surface area contributed by atoms with Crippen molar-refractivity contribution < 1.29 is 13.2 Å². The Labute approximate surface area is 161 Å². The van der Waals surface area contributed by atoms with Crippen molar-refractivity contribution in [1.82, 2.24) is 10.6 Å². The zero-order valence-electron chi connectivity index (χ0n) is 16.0. The van der Waals surface area contributed by atoms with Gasteiger partial charge in [-0.15, -0.1) is 0 Å². The average Bonchev–Trinajstić information content (AvgIpc) is 2.66. The van der Waals surface area contributed by atoms with E-state index in [9.17, 15) is 8.42 Å². The number of nitrogens with zero attached hydrogens (tertiary/aromatic N) is 1. The summed E-state index contributed by atoms with van der Waals surface area (Å²) in [6.07, 6.45) is 2.02. The molecule has 0 aliphatic carbocycles. The van der Waals surface area contributed by atoms with Gasteiger partial charge in [0.2, 0.25) is 0 Å². The summed E-state index contributed by atoms with van der Waals surface area (Å²) >= 11 is 0. The second-order valence-corrected chi connectivity index (χ2v) is 8.12. The molecule has 0 aliphatic rings. The standard InChI is InChI=1S/C20H27N3O3S/c1-4-21-20(22-14-13-17-7-5-6-8-19(17)26-2)23-15-16-9-11-18(12-10-16)27(3,24)25/h5-12H,4,13-15H2,1-3H3,(H2,21,22,23). The number of hydrogen-bond donors (Lipinski definition) is 2. The number of guanidine groups is 1. The Hall–Kier alpha value is -2.54. The summed E-state index contributed by atoms with van der Waals surface area (Å²) in [6, 6.07) is 14.8. The summed E-state index contributed by atoms with van der Waals surface area (Å²) in [5.41, 5.74) is 2.09. The first-order valence-electron chi connectivity index (χ1n) is 8.87. The van der Waals surface area contributed by atoms with Crippen molar-refractivity contribution >= 4 is 15.8 Å². The van der Waals surface area contributed by atoms with E-state index < -0.39 is 9.84 Å². The molecule has 7 heteroatoms. The Morgan fingerprint density at radius 1 is 1.07 bits per heavy atom. The van der Waals surface area contributed by atoms with Gasteiger partial charge in [-0.2, -0.15) is 0 Å². The van der Waals surface area contributed by atoms with Gasteiger partial charge in [-0.05, 0) is 42.7 Å². The molecule has 0 bridgehead atoms. The smallest absolute Gasteiger partial charge is 0.191 e. The number of rotatable bonds is 8. The predicted molar refractivity (Wildman–Crippen MR) is 109 cm³/mol. The highest BCUT2D eigenvalue weighted by Gasteiger charge is 2.06. The molecule has 0 atom stereocenters. The highest BCUT2D eigenvalue weighted by atomic mass is 32.2. The van der Waals surface area contributed by atoms with E-state index in [1.165, 1.54) is 6.26 Å². The Bertz CT molecular complexity index is 862. The largest absolute Gasteiger partial charge is 0.496 e. The Morgan fingerprint density at radius 3 is 2.41 bits per heavy atom. The molecule has 0 unspecified atom stereocenters.